The highest BCUT2D eigenvalue weighted by molar-refractivity contribution is 9.10. The van der Waals surface area contributed by atoms with E-state index in [2.05, 4.69) is 26.0 Å². The first-order chi connectivity index (χ1) is 13.1. The molecule has 1 amide bonds. The molecule has 3 N–H and O–H groups in total. The van der Waals surface area contributed by atoms with Gasteiger partial charge in [-0.15, -0.1) is 13.2 Å². The summed E-state index contributed by atoms with van der Waals surface area (Å²) in [5, 5.41) is 21.9. The molecule has 28 heavy (non-hydrogen) atoms. The van der Waals surface area contributed by atoms with E-state index in [0.29, 0.717) is 15.7 Å². The van der Waals surface area contributed by atoms with Crippen molar-refractivity contribution in [2.24, 2.45) is 0 Å². The van der Waals surface area contributed by atoms with Gasteiger partial charge in [-0.05, 0) is 58.4 Å². The number of nitrogens with one attached hydrogen (secondary N) is 1. The fourth-order valence-electron chi connectivity index (χ4n) is 2.81. The fraction of sp³-hybridized carbons (Fsp3) is 0.278. The molecule has 1 fully saturated rings. The van der Waals surface area contributed by atoms with Crippen molar-refractivity contribution in [2.75, 3.05) is 23.3 Å². The lowest BCUT2D eigenvalue weighted by atomic mass is 10.1. The van der Waals surface area contributed by atoms with Crippen molar-refractivity contribution in [3.63, 3.8) is 0 Å². The molecule has 10 heteroatoms. The number of ether oxygens (including phenoxy) is 1. The molecule has 0 unspecified atom stereocenters. The average Bonchev–Trinajstić information content (AvgIpc) is 2.94. The molecular formula is C18H16BrF3N2O4. The molecule has 1 saturated heterocycles. The smallest absolute Gasteiger partial charge is 0.406 e. The molecule has 1 heterocycles. The first kappa shape index (κ1) is 20.4. The largest absolute Gasteiger partial charge is 0.573 e. The van der Waals surface area contributed by atoms with Gasteiger partial charge in [-0.3, -0.25) is 4.79 Å². The number of hydrogen-bond donors (Lipinski definition) is 3. The van der Waals surface area contributed by atoms with E-state index in [1.165, 1.54) is 12.1 Å². The lowest BCUT2D eigenvalue weighted by Crippen LogP contribution is -2.22. The highest BCUT2D eigenvalue weighted by atomic mass is 79.9. The third-order valence-electron chi connectivity index (χ3n) is 4.16. The third kappa shape index (κ3) is 4.94. The van der Waals surface area contributed by atoms with Crippen LogP contribution in [-0.4, -0.2) is 47.8 Å². The summed E-state index contributed by atoms with van der Waals surface area (Å²) in [7, 11) is 0. The van der Waals surface area contributed by atoms with Crippen molar-refractivity contribution in [2.45, 2.75) is 18.6 Å². The Morgan fingerprint density at radius 3 is 2.25 bits per heavy atom. The van der Waals surface area contributed by atoms with E-state index in [9.17, 15) is 28.2 Å². The Morgan fingerprint density at radius 1 is 1.11 bits per heavy atom. The molecule has 2 aromatic rings. The van der Waals surface area contributed by atoms with E-state index in [1.807, 2.05) is 0 Å². The van der Waals surface area contributed by atoms with Gasteiger partial charge in [0.05, 0.1) is 17.9 Å². The van der Waals surface area contributed by atoms with E-state index >= 15 is 0 Å². The Bertz CT molecular complexity index is 851. The van der Waals surface area contributed by atoms with Gasteiger partial charge in [0.2, 0.25) is 0 Å². The van der Waals surface area contributed by atoms with Crippen molar-refractivity contribution in [3.8, 4) is 5.75 Å². The van der Waals surface area contributed by atoms with Gasteiger partial charge in [0.15, 0.2) is 0 Å². The highest BCUT2D eigenvalue weighted by Crippen LogP contribution is 2.30. The third-order valence-corrected chi connectivity index (χ3v) is 4.79. The summed E-state index contributed by atoms with van der Waals surface area (Å²) >= 11 is 3.38. The van der Waals surface area contributed by atoms with E-state index in [-0.39, 0.29) is 18.8 Å². The number of carbonyl (C=O) groups excluding carboxylic acids is 1. The number of aliphatic hydroxyl groups excluding tert-OH is 2. The summed E-state index contributed by atoms with van der Waals surface area (Å²) < 4.78 is 40.9. The molecule has 6 nitrogen and oxygen atoms in total. The van der Waals surface area contributed by atoms with Crippen molar-refractivity contribution >= 4 is 33.2 Å². The summed E-state index contributed by atoms with van der Waals surface area (Å²) in [5.74, 6) is -0.828. The van der Waals surface area contributed by atoms with Gasteiger partial charge in [0.25, 0.3) is 5.91 Å². The molecule has 0 aromatic heterocycles. The van der Waals surface area contributed by atoms with Crippen molar-refractivity contribution in [1.29, 1.82) is 0 Å². The highest BCUT2D eigenvalue weighted by Gasteiger charge is 2.31. The number of nitrogens with zero attached hydrogens (tertiary/aromatic N) is 1. The second-order valence-electron chi connectivity index (χ2n) is 6.23. The minimum atomic E-state index is -4.78. The minimum absolute atomic E-state index is 0.275. The Balaban J connectivity index is 1.67. The second-order valence-corrected chi connectivity index (χ2v) is 7.09. The Morgan fingerprint density at radius 2 is 1.71 bits per heavy atom. The van der Waals surface area contributed by atoms with Gasteiger partial charge in [-0.1, -0.05) is 0 Å². The molecule has 3 rings (SSSR count). The number of β-amino-alcohol motifs (C(OH)–C–C–N with tert-alkyl or cyclic N) is 2. The molecule has 1 aliphatic heterocycles. The quantitative estimate of drug-likeness (QED) is 0.652. The van der Waals surface area contributed by atoms with Crippen molar-refractivity contribution in [3.05, 3.63) is 52.5 Å². The van der Waals surface area contributed by atoms with Gasteiger partial charge in [0, 0.05) is 28.8 Å². The number of halogens is 4. The maximum atomic E-state index is 12.4. The molecular weight excluding hydrogens is 445 g/mol. The zero-order valence-corrected chi connectivity index (χ0v) is 15.9. The van der Waals surface area contributed by atoms with Crippen molar-refractivity contribution in [1.82, 2.24) is 0 Å². The van der Waals surface area contributed by atoms with Crippen LogP contribution in [0.5, 0.6) is 5.75 Å². The Labute approximate surface area is 166 Å². The number of alkyl halides is 3. The van der Waals surface area contributed by atoms with E-state index in [0.717, 1.165) is 17.8 Å². The standard InChI is InChI=1S/C18H16BrF3N2O4/c19-13-7-10(1-6-14(13)24-8-15(25)16(26)9-24)17(27)23-11-2-4-12(5-3-11)28-18(20,21)22/h1-7,15-16,25-26H,8-9H2,(H,23,27)/t15-,16+. The van der Waals surface area contributed by atoms with Crippen LogP contribution >= 0.6 is 15.9 Å². The Kier molecular flexibility index (Phi) is 5.82. The summed E-state index contributed by atoms with van der Waals surface area (Å²) in [6, 6.07) is 9.66. The molecule has 2 aromatic carbocycles. The van der Waals surface area contributed by atoms with Gasteiger partial charge in [-0.2, -0.15) is 0 Å². The van der Waals surface area contributed by atoms with Crippen LogP contribution in [0.2, 0.25) is 0 Å². The summed E-state index contributed by atoms with van der Waals surface area (Å²) in [5.41, 5.74) is 1.36. The number of aliphatic hydroxyl groups is 2. The zero-order valence-electron chi connectivity index (χ0n) is 14.3. The van der Waals surface area contributed by atoms with Crippen LogP contribution in [0.1, 0.15) is 10.4 Å². The minimum Gasteiger partial charge on any atom is -0.406 e. The topological polar surface area (TPSA) is 82.0 Å². The molecule has 150 valence electrons. The van der Waals surface area contributed by atoms with Crippen LogP contribution in [0.4, 0.5) is 24.5 Å². The predicted molar refractivity (Wildman–Crippen MR) is 99.4 cm³/mol. The lowest BCUT2D eigenvalue weighted by Gasteiger charge is -2.20. The monoisotopic (exact) mass is 460 g/mol. The molecule has 0 bridgehead atoms. The average molecular weight is 461 g/mol. The number of carbonyl (C=O) groups is 1. The van der Waals surface area contributed by atoms with Crippen LogP contribution in [0.3, 0.4) is 0 Å². The summed E-state index contributed by atoms with van der Waals surface area (Å²) in [6.45, 7) is 0.551. The molecule has 2 atom stereocenters. The maximum Gasteiger partial charge on any atom is 0.573 e. The molecule has 0 radical (unpaired) electrons. The number of benzene rings is 2. The van der Waals surface area contributed by atoms with Crippen LogP contribution in [0, 0.1) is 0 Å². The normalized spacial score (nSPS) is 19.6. The number of hydrogen-bond acceptors (Lipinski definition) is 5. The van der Waals surface area contributed by atoms with Gasteiger partial charge >= 0.3 is 6.36 Å². The van der Waals surface area contributed by atoms with E-state index < -0.39 is 24.5 Å². The van der Waals surface area contributed by atoms with Crippen molar-refractivity contribution < 1.29 is 32.9 Å². The van der Waals surface area contributed by atoms with Crippen LogP contribution < -0.4 is 15.0 Å². The SMILES string of the molecule is O=C(Nc1ccc(OC(F)(F)F)cc1)c1ccc(N2C[C@@H](O)[C@@H](O)C2)c(Br)c1. The molecule has 0 spiro atoms. The lowest BCUT2D eigenvalue weighted by molar-refractivity contribution is -0.274. The van der Waals surface area contributed by atoms with Gasteiger partial charge in [-0.25, -0.2) is 0 Å². The number of anilines is 2. The van der Waals surface area contributed by atoms with E-state index in [1.54, 1.807) is 23.1 Å². The van der Waals surface area contributed by atoms with E-state index in [4.69, 9.17) is 0 Å². The van der Waals surface area contributed by atoms with Crippen LogP contribution in [0.15, 0.2) is 46.9 Å². The molecule has 1 aliphatic rings. The first-order valence-electron chi connectivity index (χ1n) is 8.20. The molecule has 0 saturated carbocycles. The fourth-order valence-corrected chi connectivity index (χ4v) is 3.44. The zero-order chi connectivity index (χ0) is 20.5. The predicted octanol–water partition coefficient (Wildman–Crippen LogP) is 3.14. The summed E-state index contributed by atoms with van der Waals surface area (Å²) in [4.78, 5) is 14.2. The number of amides is 1. The summed E-state index contributed by atoms with van der Waals surface area (Å²) in [6.07, 6.45) is -6.45. The van der Waals surface area contributed by atoms with Crippen LogP contribution in [0.25, 0.3) is 0 Å². The maximum absolute atomic E-state index is 12.4. The first-order valence-corrected chi connectivity index (χ1v) is 8.99. The van der Waals surface area contributed by atoms with Crippen LogP contribution in [-0.2, 0) is 0 Å². The Hall–Kier alpha value is -2.30. The second kappa shape index (κ2) is 7.98. The molecule has 0 aliphatic carbocycles. The number of rotatable bonds is 4. The van der Waals surface area contributed by atoms with Gasteiger partial charge in [0.1, 0.15) is 5.75 Å². The van der Waals surface area contributed by atoms with Gasteiger partial charge < -0.3 is 25.2 Å².